The Hall–Kier alpha value is -0.650. The molecule has 0 aliphatic heterocycles. The summed E-state index contributed by atoms with van der Waals surface area (Å²) in [6.45, 7) is -0.0144. The lowest BCUT2D eigenvalue weighted by Gasteiger charge is -2.34. The van der Waals surface area contributed by atoms with Crippen molar-refractivity contribution >= 4 is 5.91 Å². The van der Waals surface area contributed by atoms with Gasteiger partial charge < -0.3 is 20.3 Å². The highest BCUT2D eigenvalue weighted by Gasteiger charge is 2.39. The number of aliphatic hydroxyl groups excluding tert-OH is 1. The molecule has 0 saturated heterocycles. The van der Waals surface area contributed by atoms with Crippen molar-refractivity contribution in [3.63, 3.8) is 0 Å². The zero-order valence-electron chi connectivity index (χ0n) is 9.07. The van der Waals surface area contributed by atoms with Crippen LogP contribution in [0, 0.1) is 0 Å². The van der Waals surface area contributed by atoms with E-state index in [0.29, 0.717) is 12.8 Å². The second kappa shape index (κ2) is 5.44. The van der Waals surface area contributed by atoms with Gasteiger partial charge in [-0.1, -0.05) is 19.3 Å². The molecule has 3 N–H and O–H groups in total. The topological polar surface area (TPSA) is 81.8 Å². The summed E-state index contributed by atoms with van der Waals surface area (Å²) in [7, 11) is 1.38. The van der Waals surface area contributed by atoms with E-state index >= 15 is 0 Å². The fraction of sp³-hybridized carbons (Fsp3) is 0.900. The van der Waals surface area contributed by atoms with Crippen LogP contribution in [0.5, 0.6) is 0 Å². The van der Waals surface area contributed by atoms with Gasteiger partial charge in [-0.05, 0) is 12.8 Å². The predicted octanol–water partition coefficient (Wildman–Crippen LogP) is 0.156. The monoisotopic (exact) mass is 217 g/mol. The summed E-state index contributed by atoms with van der Waals surface area (Å²) in [4.78, 5) is 11.4. The summed E-state index contributed by atoms with van der Waals surface area (Å²) in [5.74, 6) is -0.439. The fourth-order valence-corrected chi connectivity index (χ4v) is 1.88. The Bertz CT molecular complexity index is 213. The van der Waals surface area contributed by atoms with Gasteiger partial charge in [0, 0.05) is 7.11 Å². The lowest BCUT2D eigenvalue weighted by molar-refractivity contribution is -0.176. The third kappa shape index (κ3) is 3.15. The number of amides is 1. The minimum atomic E-state index is -0.997. The van der Waals surface area contributed by atoms with Crippen LogP contribution < -0.4 is 5.73 Å². The van der Waals surface area contributed by atoms with Crippen LogP contribution >= 0.6 is 0 Å². The largest absolute Gasteiger partial charge is 0.367 e. The maximum absolute atomic E-state index is 11.4. The number of ether oxygens (including phenoxy) is 2. The summed E-state index contributed by atoms with van der Waals surface area (Å²) in [5.41, 5.74) is 4.45. The number of primary amides is 1. The van der Waals surface area contributed by atoms with E-state index < -0.39 is 17.8 Å². The van der Waals surface area contributed by atoms with Crippen molar-refractivity contribution < 1.29 is 19.4 Å². The van der Waals surface area contributed by atoms with Crippen molar-refractivity contribution in [3.8, 4) is 0 Å². The van der Waals surface area contributed by atoms with Crippen molar-refractivity contribution in [2.45, 2.75) is 44.0 Å². The lowest BCUT2D eigenvalue weighted by Crippen LogP contribution is -2.49. The maximum atomic E-state index is 11.4. The average Bonchev–Trinajstić information content (AvgIpc) is 2.27. The molecule has 0 aromatic heterocycles. The van der Waals surface area contributed by atoms with Crippen LogP contribution in [-0.2, 0) is 14.3 Å². The minimum Gasteiger partial charge on any atom is -0.367 e. The molecule has 1 aliphatic rings. The van der Waals surface area contributed by atoms with E-state index in [1.165, 1.54) is 7.11 Å². The predicted molar refractivity (Wildman–Crippen MR) is 54.0 cm³/mol. The Balaban J connectivity index is 2.53. The number of aliphatic hydroxyl groups is 1. The molecule has 0 bridgehead atoms. The van der Waals surface area contributed by atoms with Crippen molar-refractivity contribution in [2.75, 3.05) is 13.7 Å². The molecule has 1 amide bonds. The normalized spacial score (nSPS) is 22.3. The molecule has 0 aromatic rings. The van der Waals surface area contributed by atoms with Gasteiger partial charge in [0.2, 0.25) is 5.91 Å². The molecular weight excluding hydrogens is 198 g/mol. The number of nitrogens with two attached hydrogens (primary N) is 1. The fourth-order valence-electron chi connectivity index (χ4n) is 1.88. The standard InChI is InChI=1S/C10H19NO4/c1-14-8(12)7-15-10(9(11)13)5-3-2-4-6-10/h8,12H,2-7H2,1H3,(H2,11,13). The molecule has 15 heavy (non-hydrogen) atoms. The van der Waals surface area contributed by atoms with E-state index in [4.69, 9.17) is 10.5 Å². The highest BCUT2D eigenvalue weighted by molar-refractivity contribution is 5.83. The molecule has 0 spiro atoms. The zero-order valence-corrected chi connectivity index (χ0v) is 9.07. The molecule has 88 valence electrons. The van der Waals surface area contributed by atoms with Gasteiger partial charge >= 0.3 is 0 Å². The molecule has 5 heteroatoms. The van der Waals surface area contributed by atoms with Crippen LogP contribution in [0.4, 0.5) is 0 Å². The van der Waals surface area contributed by atoms with Gasteiger partial charge in [-0.2, -0.15) is 0 Å². The van der Waals surface area contributed by atoms with Gasteiger partial charge in [-0.3, -0.25) is 4.79 Å². The molecule has 1 aliphatic carbocycles. The summed E-state index contributed by atoms with van der Waals surface area (Å²) >= 11 is 0. The first-order valence-electron chi connectivity index (χ1n) is 5.25. The molecule has 0 heterocycles. The third-order valence-corrected chi connectivity index (χ3v) is 2.88. The number of methoxy groups -OCH3 is 1. The number of carbonyl (C=O) groups is 1. The van der Waals surface area contributed by atoms with Gasteiger partial charge in [0.15, 0.2) is 6.29 Å². The summed E-state index contributed by atoms with van der Waals surface area (Å²) in [6.07, 6.45) is 3.25. The van der Waals surface area contributed by atoms with Crippen molar-refractivity contribution in [2.24, 2.45) is 5.73 Å². The van der Waals surface area contributed by atoms with Gasteiger partial charge in [0.05, 0.1) is 6.61 Å². The van der Waals surface area contributed by atoms with E-state index in [9.17, 15) is 9.90 Å². The molecule has 0 aromatic carbocycles. The Morgan fingerprint density at radius 2 is 2.07 bits per heavy atom. The molecule has 1 unspecified atom stereocenters. The van der Waals surface area contributed by atoms with Crippen LogP contribution in [0.2, 0.25) is 0 Å². The zero-order chi connectivity index (χ0) is 11.3. The van der Waals surface area contributed by atoms with E-state index in [-0.39, 0.29) is 6.61 Å². The van der Waals surface area contributed by atoms with Crippen LogP contribution in [0.25, 0.3) is 0 Å². The first-order valence-corrected chi connectivity index (χ1v) is 5.25. The van der Waals surface area contributed by atoms with E-state index in [2.05, 4.69) is 4.74 Å². The Morgan fingerprint density at radius 3 is 2.53 bits per heavy atom. The number of rotatable bonds is 5. The van der Waals surface area contributed by atoms with Gasteiger partial charge in [-0.15, -0.1) is 0 Å². The van der Waals surface area contributed by atoms with E-state index in [1.54, 1.807) is 0 Å². The quantitative estimate of drug-likeness (QED) is 0.642. The van der Waals surface area contributed by atoms with Crippen LogP contribution in [0.3, 0.4) is 0 Å². The van der Waals surface area contributed by atoms with E-state index in [1.807, 2.05) is 0 Å². The van der Waals surface area contributed by atoms with E-state index in [0.717, 1.165) is 19.3 Å². The highest BCUT2D eigenvalue weighted by Crippen LogP contribution is 2.31. The molecule has 1 fully saturated rings. The summed E-state index contributed by atoms with van der Waals surface area (Å²) in [6, 6.07) is 0. The number of hydrogen-bond donors (Lipinski definition) is 2. The maximum Gasteiger partial charge on any atom is 0.249 e. The van der Waals surface area contributed by atoms with Gasteiger partial charge in [-0.25, -0.2) is 0 Å². The summed E-state index contributed by atoms with van der Waals surface area (Å²) < 4.78 is 10.1. The Morgan fingerprint density at radius 1 is 1.47 bits per heavy atom. The van der Waals surface area contributed by atoms with Crippen LogP contribution in [0.1, 0.15) is 32.1 Å². The average molecular weight is 217 g/mol. The lowest BCUT2D eigenvalue weighted by atomic mass is 9.84. The van der Waals surface area contributed by atoms with Gasteiger partial charge in [0.25, 0.3) is 0 Å². The molecule has 1 rings (SSSR count). The first-order chi connectivity index (χ1) is 7.10. The van der Waals surface area contributed by atoms with Gasteiger partial charge in [0.1, 0.15) is 5.60 Å². The summed E-state index contributed by atoms with van der Waals surface area (Å²) in [5, 5.41) is 9.19. The SMILES string of the molecule is COC(O)COC1(C(N)=O)CCCCC1. The van der Waals surface area contributed by atoms with Crippen LogP contribution in [0.15, 0.2) is 0 Å². The molecule has 0 radical (unpaired) electrons. The van der Waals surface area contributed by atoms with Crippen molar-refractivity contribution in [3.05, 3.63) is 0 Å². The first kappa shape index (κ1) is 12.4. The number of carbonyl (C=O) groups excluding carboxylic acids is 1. The highest BCUT2D eigenvalue weighted by atomic mass is 16.6. The van der Waals surface area contributed by atoms with Crippen molar-refractivity contribution in [1.29, 1.82) is 0 Å². The Kier molecular flexibility index (Phi) is 4.50. The molecule has 1 atom stereocenters. The Labute approximate surface area is 89.5 Å². The molecule has 5 nitrogen and oxygen atoms in total. The number of hydrogen-bond acceptors (Lipinski definition) is 4. The van der Waals surface area contributed by atoms with Crippen LogP contribution in [-0.4, -0.2) is 36.6 Å². The van der Waals surface area contributed by atoms with Crippen molar-refractivity contribution in [1.82, 2.24) is 0 Å². The third-order valence-electron chi connectivity index (χ3n) is 2.88. The molecular formula is C10H19NO4. The minimum absolute atomic E-state index is 0.0144. The molecule has 1 saturated carbocycles. The second-order valence-corrected chi connectivity index (χ2v) is 3.92. The second-order valence-electron chi connectivity index (χ2n) is 3.92. The smallest absolute Gasteiger partial charge is 0.249 e.